The Bertz CT molecular complexity index is 170. The summed E-state index contributed by atoms with van der Waals surface area (Å²) in [4.78, 5) is 0. The van der Waals surface area contributed by atoms with Crippen LogP contribution in [0.1, 0.15) is 45.4 Å². The Labute approximate surface area is 76.4 Å². The van der Waals surface area contributed by atoms with E-state index in [2.05, 4.69) is 20.1 Å². The van der Waals surface area contributed by atoms with E-state index in [1.807, 2.05) is 0 Å². The molecule has 68 valence electrons. The number of hydrogen-bond acceptors (Lipinski definition) is 0. The van der Waals surface area contributed by atoms with Crippen LogP contribution in [0.5, 0.6) is 0 Å². The summed E-state index contributed by atoms with van der Waals surface area (Å²) in [5, 5.41) is 0. The Morgan fingerprint density at radius 1 is 1.17 bits per heavy atom. The number of rotatable bonds is 3. The lowest BCUT2D eigenvalue weighted by atomic mass is 9.84. The first-order valence-corrected chi connectivity index (χ1v) is 5.04. The summed E-state index contributed by atoms with van der Waals surface area (Å²) in [7, 11) is 0. The van der Waals surface area contributed by atoms with Crippen molar-refractivity contribution >= 4 is 0 Å². The second-order valence-electron chi connectivity index (χ2n) is 4.09. The van der Waals surface area contributed by atoms with Gasteiger partial charge < -0.3 is 0 Å². The van der Waals surface area contributed by atoms with E-state index < -0.39 is 0 Å². The summed E-state index contributed by atoms with van der Waals surface area (Å²) >= 11 is 0. The van der Waals surface area contributed by atoms with Crippen molar-refractivity contribution < 1.29 is 0 Å². The lowest BCUT2D eigenvalue weighted by Gasteiger charge is -2.22. The molecule has 0 unspecified atom stereocenters. The van der Waals surface area contributed by atoms with Crippen molar-refractivity contribution in [1.82, 2.24) is 0 Å². The molecule has 0 nitrogen and oxygen atoms in total. The molecule has 0 saturated heterocycles. The van der Waals surface area contributed by atoms with Gasteiger partial charge in [0.15, 0.2) is 0 Å². The van der Waals surface area contributed by atoms with Gasteiger partial charge in [0.25, 0.3) is 0 Å². The van der Waals surface area contributed by atoms with E-state index >= 15 is 0 Å². The van der Waals surface area contributed by atoms with Gasteiger partial charge in [-0.15, -0.1) is 0 Å². The Kier molecular flexibility index (Phi) is 3.58. The van der Waals surface area contributed by atoms with Gasteiger partial charge in [-0.1, -0.05) is 56.4 Å². The molecule has 1 rings (SSSR count). The molecule has 0 amide bonds. The first-order chi connectivity index (χ1) is 5.70. The fourth-order valence-corrected chi connectivity index (χ4v) is 1.91. The summed E-state index contributed by atoms with van der Waals surface area (Å²) in [6, 6.07) is 0. The maximum absolute atomic E-state index is 4.05. The van der Waals surface area contributed by atoms with Crippen molar-refractivity contribution in [3.05, 3.63) is 24.3 Å². The first-order valence-electron chi connectivity index (χ1n) is 5.04. The maximum atomic E-state index is 4.05. The lowest BCUT2D eigenvalue weighted by Crippen LogP contribution is -2.06. The zero-order valence-electron chi connectivity index (χ0n) is 8.23. The van der Waals surface area contributed by atoms with Gasteiger partial charge in [0, 0.05) is 0 Å². The van der Waals surface area contributed by atoms with Crippen LogP contribution in [-0.4, -0.2) is 0 Å². The standard InChI is InChI=1S/C12H20/c1-10(2)11(3)9-12-7-5-4-6-8-12/h12H,1,3-9H2,2H3. The molecular weight excluding hydrogens is 144 g/mol. The van der Waals surface area contributed by atoms with E-state index in [1.54, 1.807) is 0 Å². The normalized spacial score (nSPS) is 19.1. The maximum Gasteiger partial charge on any atom is -0.0254 e. The van der Waals surface area contributed by atoms with Crippen molar-refractivity contribution in [1.29, 1.82) is 0 Å². The third-order valence-electron chi connectivity index (χ3n) is 2.86. The Hall–Kier alpha value is -0.520. The summed E-state index contributed by atoms with van der Waals surface area (Å²) in [6.45, 7) is 10.0. The van der Waals surface area contributed by atoms with Crippen LogP contribution in [0.4, 0.5) is 0 Å². The van der Waals surface area contributed by atoms with Crippen LogP contribution in [0, 0.1) is 5.92 Å². The Morgan fingerprint density at radius 3 is 2.25 bits per heavy atom. The molecule has 0 heterocycles. The molecule has 0 N–H and O–H groups in total. The van der Waals surface area contributed by atoms with Gasteiger partial charge in [0.2, 0.25) is 0 Å². The molecule has 0 aromatic carbocycles. The van der Waals surface area contributed by atoms with Crippen LogP contribution in [-0.2, 0) is 0 Å². The van der Waals surface area contributed by atoms with Gasteiger partial charge in [-0.2, -0.15) is 0 Å². The molecule has 1 aliphatic rings. The molecule has 0 heteroatoms. The average molecular weight is 164 g/mol. The largest absolute Gasteiger partial charge is 0.0959 e. The Morgan fingerprint density at radius 2 is 1.75 bits per heavy atom. The minimum atomic E-state index is 0.906. The average Bonchev–Trinajstić information content (AvgIpc) is 2.06. The van der Waals surface area contributed by atoms with Crippen LogP contribution in [0.15, 0.2) is 24.3 Å². The highest BCUT2D eigenvalue weighted by atomic mass is 14.2. The second kappa shape index (κ2) is 4.49. The second-order valence-corrected chi connectivity index (χ2v) is 4.09. The van der Waals surface area contributed by atoms with Gasteiger partial charge in [0.05, 0.1) is 0 Å². The molecule has 12 heavy (non-hydrogen) atoms. The summed E-state index contributed by atoms with van der Waals surface area (Å²) < 4.78 is 0. The van der Waals surface area contributed by atoms with Gasteiger partial charge in [-0.3, -0.25) is 0 Å². The molecule has 1 aliphatic carbocycles. The summed E-state index contributed by atoms with van der Waals surface area (Å²) in [5.74, 6) is 0.906. The molecule has 0 aromatic heterocycles. The fraction of sp³-hybridized carbons (Fsp3) is 0.667. The molecule has 0 aromatic rings. The third kappa shape index (κ3) is 2.84. The number of hydrogen-bond donors (Lipinski definition) is 0. The van der Waals surface area contributed by atoms with E-state index in [0.29, 0.717) is 0 Å². The van der Waals surface area contributed by atoms with Gasteiger partial charge in [-0.05, 0) is 19.3 Å². The summed E-state index contributed by atoms with van der Waals surface area (Å²) in [6.07, 6.45) is 8.30. The van der Waals surface area contributed by atoms with Crippen LogP contribution in [0.3, 0.4) is 0 Å². The quantitative estimate of drug-likeness (QED) is 0.551. The van der Waals surface area contributed by atoms with Crippen molar-refractivity contribution in [3.8, 4) is 0 Å². The molecule has 1 fully saturated rings. The highest BCUT2D eigenvalue weighted by Crippen LogP contribution is 2.29. The highest BCUT2D eigenvalue weighted by molar-refractivity contribution is 5.22. The van der Waals surface area contributed by atoms with Gasteiger partial charge in [0.1, 0.15) is 0 Å². The topological polar surface area (TPSA) is 0 Å². The third-order valence-corrected chi connectivity index (χ3v) is 2.86. The molecule has 1 saturated carbocycles. The zero-order chi connectivity index (χ0) is 8.97. The lowest BCUT2D eigenvalue weighted by molar-refractivity contribution is 0.357. The van der Waals surface area contributed by atoms with Crippen molar-refractivity contribution in [3.63, 3.8) is 0 Å². The smallest absolute Gasteiger partial charge is 0.0254 e. The predicted molar refractivity (Wildman–Crippen MR) is 55.1 cm³/mol. The number of allylic oxidation sites excluding steroid dienone is 2. The van der Waals surface area contributed by atoms with Crippen LogP contribution >= 0.6 is 0 Å². The molecule has 0 aliphatic heterocycles. The van der Waals surface area contributed by atoms with Gasteiger partial charge in [-0.25, -0.2) is 0 Å². The molecule has 0 atom stereocenters. The molecule has 0 radical (unpaired) electrons. The minimum Gasteiger partial charge on any atom is -0.0959 e. The summed E-state index contributed by atoms with van der Waals surface area (Å²) in [5.41, 5.74) is 2.43. The van der Waals surface area contributed by atoms with Crippen LogP contribution in [0.2, 0.25) is 0 Å². The van der Waals surface area contributed by atoms with Crippen molar-refractivity contribution in [2.24, 2.45) is 5.92 Å². The molecular formula is C12H20. The fourth-order valence-electron chi connectivity index (χ4n) is 1.91. The zero-order valence-corrected chi connectivity index (χ0v) is 8.23. The van der Waals surface area contributed by atoms with Crippen LogP contribution < -0.4 is 0 Å². The molecule has 0 bridgehead atoms. The predicted octanol–water partition coefficient (Wildman–Crippen LogP) is 4.09. The Balaban J connectivity index is 2.29. The van der Waals surface area contributed by atoms with Crippen LogP contribution in [0.25, 0.3) is 0 Å². The van der Waals surface area contributed by atoms with E-state index in [-0.39, 0.29) is 0 Å². The van der Waals surface area contributed by atoms with E-state index in [4.69, 9.17) is 0 Å². The monoisotopic (exact) mass is 164 g/mol. The SMILES string of the molecule is C=C(C)C(=C)CC1CCCCC1. The first kappa shape index (κ1) is 9.57. The van der Waals surface area contributed by atoms with Crippen molar-refractivity contribution in [2.75, 3.05) is 0 Å². The van der Waals surface area contributed by atoms with E-state index in [9.17, 15) is 0 Å². The molecule has 0 spiro atoms. The van der Waals surface area contributed by atoms with E-state index in [0.717, 1.165) is 5.92 Å². The highest BCUT2D eigenvalue weighted by Gasteiger charge is 2.14. The van der Waals surface area contributed by atoms with Crippen molar-refractivity contribution in [2.45, 2.75) is 45.4 Å². The van der Waals surface area contributed by atoms with E-state index in [1.165, 1.54) is 49.7 Å². The minimum absolute atomic E-state index is 0.906. The van der Waals surface area contributed by atoms with Gasteiger partial charge >= 0.3 is 0 Å².